The maximum Gasteiger partial charge on any atom is 0.346 e. The van der Waals surface area contributed by atoms with Crippen LogP contribution in [0.25, 0.3) is 11.1 Å². The number of hydrogen-bond donors (Lipinski definition) is 1. The van der Waals surface area contributed by atoms with Gasteiger partial charge in [0.05, 0.1) is 0 Å². The summed E-state index contributed by atoms with van der Waals surface area (Å²) >= 11 is 1.20. The van der Waals surface area contributed by atoms with Crippen LogP contribution in [0.1, 0.15) is 9.67 Å². The van der Waals surface area contributed by atoms with Gasteiger partial charge in [-0.2, -0.15) is 0 Å². The summed E-state index contributed by atoms with van der Waals surface area (Å²) in [5, 5.41) is 10.6. The van der Waals surface area contributed by atoms with Gasteiger partial charge < -0.3 is 5.11 Å². The van der Waals surface area contributed by atoms with Crippen molar-refractivity contribution in [3.05, 3.63) is 35.0 Å². The van der Waals surface area contributed by atoms with Crippen molar-refractivity contribution in [3.63, 3.8) is 0 Å². The number of carbonyl (C=O) groups is 1. The van der Waals surface area contributed by atoms with E-state index in [2.05, 4.69) is 9.97 Å². The molecule has 5 heteroatoms. The molecule has 2 aromatic heterocycles. The summed E-state index contributed by atoms with van der Waals surface area (Å²) in [5.74, 6) is -0.918. The lowest BCUT2D eigenvalue weighted by Crippen LogP contribution is -1.94. The van der Waals surface area contributed by atoms with Gasteiger partial charge in [-0.25, -0.2) is 14.8 Å². The number of carboxylic acids is 1. The summed E-state index contributed by atoms with van der Waals surface area (Å²) in [7, 11) is 0. The molecular formula is C9H6N2O2S. The van der Waals surface area contributed by atoms with Crippen LogP contribution < -0.4 is 0 Å². The Bertz CT molecular complexity index is 453. The Balaban J connectivity index is 2.52. The highest BCUT2D eigenvalue weighted by Crippen LogP contribution is 2.26. The summed E-state index contributed by atoms with van der Waals surface area (Å²) in [6, 6.07) is 1.76. The summed E-state index contributed by atoms with van der Waals surface area (Å²) < 4.78 is 0. The second-order valence-electron chi connectivity index (χ2n) is 2.60. The third kappa shape index (κ3) is 1.49. The van der Waals surface area contributed by atoms with Gasteiger partial charge in [0, 0.05) is 23.5 Å². The first-order chi connectivity index (χ1) is 6.79. The number of aromatic nitrogens is 2. The smallest absolute Gasteiger partial charge is 0.346 e. The van der Waals surface area contributed by atoms with Gasteiger partial charge in [0.2, 0.25) is 0 Å². The molecule has 0 aromatic carbocycles. The number of rotatable bonds is 2. The molecule has 1 N–H and O–H groups in total. The van der Waals surface area contributed by atoms with Crippen LogP contribution in [0, 0.1) is 0 Å². The lowest BCUT2D eigenvalue weighted by Gasteiger charge is -1.97. The molecule has 2 rings (SSSR count). The van der Waals surface area contributed by atoms with Crippen molar-refractivity contribution in [3.8, 4) is 11.1 Å². The molecule has 0 saturated heterocycles. The molecule has 0 amide bonds. The number of carboxylic acid groups (broad SMARTS) is 1. The van der Waals surface area contributed by atoms with Crippen LogP contribution in [0.5, 0.6) is 0 Å². The summed E-state index contributed by atoms with van der Waals surface area (Å²) in [4.78, 5) is 18.8. The molecule has 0 spiro atoms. The molecule has 70 valence electrons. The van der Waals surface area contributed by atoms with Gasteiger partial charge in [0.1, 0.15) is 11.2 Å². The molecule has 0 aliphatic carbocycles. The van der Waals surface area contributed by atoms with Gasteiger partial charge in [0.25, 0.3) is 0 Å². The topological polar surface area (TPSA) is 63.1 Å². The Morgan fingerprint density at radius 2 is 2.07 bits per heavy atom. The Kier molecular flexibility index (Phi) is 2.24. The van der Waals surface area contributed by atoms with E-state index < -0.39 is 5.97 Å². The lowest BCUT2D eigenvalue weighted by atomic mass is 10.1. The first kappa shape index (κ1) is 8.83. The van der Waals surface area contributed by atoms with E-state index in [0.717, 1.165) is 5.56 Å². The van der Waals surface area contributed by atoms with Gasteiger partial charge in [-0.15, -0.1) is 11.3 Å². The zero-order chi connectivity index (χ0) is 9.97. The molecule has 0 unspecified atom stereocenters. The van der Waals surface area contributed by atoms with Crippen molar-refractivity contribution in [1.29, 1.82) is 0 Å². The summed E-state index contributed by atoms with van der Waals surface area (Å²) in [6.07, 6.45) is 4.61. The van der Waals surface area contributed by atoms with E-state index in [1.807, 2.05) is 0 Å². The van der Waals surface area contributed by atoms with Crippen molar-refractivity contribution in [2.75, 3.05) is 0 Å². The van der Waals surface area contributed by atoms with E-state index in [4.69, 9.17) is 5.11 Å². The lowest BCUT2D eigenvalue weighted by molar-refractivity contribution is 0.0703. The highest BCUT2D eigenvalue weighted by molar-refractivity contribution is 7.12. The molecule has 0 aliphatic heterocycles. The minimum absolute atomic E-state index is 0.319. The zero-order valence-electron chi connectivity index (χ0n) is 7.04. The number of nitrogens with zero attached hydrogens (tertiary/aromatic N) is 2. The molecule has 0 radical (unpaired) electrons. The zero-order valence-corrected chi connectivity index (χ0v) is 7.86. The Morgan fingerprint density at radius 3 is 2.71 bits per heavy atom. The van der Waals surface area contributed by atoms with Gasteiger partial charge in [-0.3, -0.25) is 0 Å². The maximum atomic E-state index is 10.8. The van der Waals surface area contributed by atoms with Gasteiger partial charge >= 0.3 is 5.97 Å². The SMILES string of the molecule is O=C(O)c1sccc1-c1cncnc1. The van der Waals surface area contributed by atoms with Crippen LogP contribution in [-0.2, 0) is 0 Å². The second-order valence-corrected chi connectivity index (χ2v) is 3.51. The Labute approximate surface area is 83.9 Å². The fourth-order valence-electron chi connectivity index (χ4n) is 1.14. The highest BCUT2D eigenvalue weighted by atomic mass is 32.1. The fraction of sp³-hybridized carbons (Fsp3) is 0. The van der Waals surface area contributed by atoms with E-state index in [0.29, 0.717) is 10.4 Å². The molecular weight excluding hydrogens is 200 g/mol. The van der Waals surface area contributed by atoms with Crippen LogP contribution in [0.15, 0.2) is 30.2 Å². The van der Waals surface area contributed by atoms with Crippen molar-refractivity contribution in [2.45, 2.75) is 0 Å². The minimum Gasteiger partial charge on any atom is -0.477 e. The third-order valence-corrected chi connectivity index (χ3v) is 2.63. The molecule has 2 aromatic rings. The largest absolute Gasteiger partial charge is 0.477 e. The minimum atomic E-state index is -0.918. The molecule has 0 bridgehead atoms. The quantitative estimate of drug-likeness (QED) is 0.815. The molecule has 0 saturated carbocycles. The Morgan fingerprint density at radius 1 is 1.36 bits per heavy atom. The monoisotopic (exact) mass is 206 g/mol. The molecule has 2 heterocycles. The molecule has 14 heavy (non-hydrogen) atoms. The van der Waals surface area contributed by atoms with Gasteiger partial charge in [0.15, 0.2) is 0 Å². The molecule has 4 nitrogen and oxygen atoms in total. The first-order valence-electron chi connectivity index (χ1n) is 3.85. The predicted octanol–water partition coefficient (Wildman–Crippen LogP) is 1.90. The summed E-state index contributed by atoms with van der Waals surface area (Å²) in [5.41, 5.74) is 1.40. The summed E-state index contributed by atoms with van der Waals surface area (Å²) in [6.45, 7) is 0. The van der Waals surface area contributed by atoms with Gasteiger partial charge in [-0.05, 0) is 11.4 Å². The average Bonchev–Trinajstić information content (AvgIpc) is 2.67. The molecule has 0 fully saturated rings. The van der Waals surface area contributed by atoms with Crippen LogP contribution in [0.4, 0.5) is 0 Å². The Hall–Kier alpha value is -1.75. The van der Waals surface area contributed by atoms with Crippen LogP contribution in [0.2, 0.25) is 0 Å². The maximum absolute atomic E-state index is 10.8. The number of hydrogen-bond acceptors (Lipinski definition) is 4. The van der Waals surface area contributed by atoms with E-state index in [-0.39, 0.29) is 0 Å². The average molecular weight is 206 g/mol. The van der Waals surface area contributed by atoms with E-state index in [1.54, 1.807) is 23.8 Å². The van der Waals surface area contributed by atoms with Crippen LogP contribution >= 0.6 is 11.3 Å². The van der Waals surface area contributed by atoms with Crippen LogP contribution in [0.3, 0.4) is 0 Å². The highest BCUT2D eigenvalue weighted by Gasteiger charge is 2.12. The van der Waals surface area contributed by atoms with Crippen LogP contribution in [-0.4, -0.2) is 21.0 Å². The molecule has 0 aliphatic rings. The molecule has 0 atom stereocenters. The van der Waals surface area contributed by atoms with Crippen molar-refractivity contribution in [2.24, 2.45) is 0 Å². The predicted molar refractivity (Wildman–Crippen MR) is 52.3 cm³/mol. The third-order valence-electron chi connectivity index (χ3n) is 1.73. The first-order valence-corrected chi connectivity index (χ1v) is 4.73. The standard InChI is InChI=1S/C9H6N2O2S/c12-9(13)8-7(1-2-14-8)6-3-10-5-11-4-6/h1-5H,(H,12,13). The number of thiophene rings is 1. The van der Waals surface area contributed by atoms with E-state index >= 15 is 0 Å². The van der Waals surface area contributed by atoms with Crippen molar-refractivity contribution >= 4 is 17.3 Å². The van der Waals surface area contributed by atoms with Crippen molar-refractivity contribution < 1.29 is 9.90 Å². The van der Waals surface area contributed by atoms with Crippen molar-refractivity contribution in [1.82, 2.24) is 9.97 Å². The van der Waals surface area contributed by atoms with Gasteiger partial charge in [-0.1, -0.05) is 0 Å². The van der Waals surface area contributed by atoms with E-state index in [9.17, 15) is 4.79 Å². The fourth-order valence-corrected chi connectivity index (χ4v) is 1.89. The number of aromatic carboxylic acids is 1. The van der Waals surface area contributed by atoms with E-state index in [1.165, 1.54) is 17.7 Å². The normalized spacial score (nSPS) is 10.0. The second kappa shape index (κ2) is 3.55.